The molecule has 2 saturated heterocycles. The number of nitrogens with one attached hydrogen (secondary N) is 1. The highest BCUT2D eigenvalue weighted by Crippen LogP contribution is 2.21. The van der Waals surface area contributed by atoms with Crippen LogP contribution in [0.2, 0.25) is 0 Å². The van der Waals surface area contributed by atoms with E-state index in [0.717, 1.165) is 5.56 Å². The van der Waals surface area contributed by atoms with Crippen molar-refractivity contribution in [3.8, 4) is 11.5 Å². The molecule has 2 heterocycles. The molecular weight excluding hydrogens is 500 g/mol. The van der Waals surface area contributed by atoms with Crippen molar-refractivity contribution in [1.29, 1.82) is 0 Å². The number of aliphatic hydroxyl groups is 1. The maximum absolute atomic E-state index is 12.3. The molecule has 0 unspecified atom stereocenters. The first kappa shape index (κ1) is 28.4. The van der Waals surface area contributed by atoms with E-state index in [0.29, 0.717) is 57.3 Å². The number of carbonyl (C=O) groups excluding carboxylic acids is 3. The van der Waals surface area contributed by atoms with Gasteiger partial charge in [0.25, 0.3) is 5.91 Å². The van der Waals surface area contributed by atoms with Gasteiger partial charge in [0, 0.05) is 39.6 Å². The van der Waals surface area contributed by atoms with Crippen LogP contribution in [-0.2, 0) is 16.1 Å². The molecule has 4 rings (SSSR count). The Hall–Kier alpha value is -3.63. The fourth-order valence-corrected chi connectivity index (χ4v) is 4.85. The molecule has 39 heavy (non-hydrogen) atoms. The molecule has 10 heteroatoms. The molecule has 210 valence electrons. The summed E-state index contributed by atoms with van der Waals surface area (Å²) in [4.78, 5) is 41.5. The van der Waals surface area contributed by atoms with Crippen LogP contribution in [0.25, 0.3) is 0 Å². The molecule has 0 spiro atoms. The lowest BCUT2D eigenvalue weighted by atomic mass is 10.0. The van der Waals surface area contributed by atoms with Gasteiger partial charge in [0.05, 0.1) is 13.2 Å². The van der Waals surface area contributed by atoms with E-state index in [1.54, 1.807) is 18.7 Å². The van der Waals surface area contributed by atoms with Crippen molar-refractivity contribution < 1.29 is 29.0 Å². The SMILES string of the molecule is CC(=O)N1CCN(Cc2ccc(OCCCN3C(=O)NC(C)(C)C3=O)cc2)C[C@](O)(COc2ccccc2)C1. The standard InChI is InChI=1S/C29H38N4O6/c1-22(34)32-16-15-31(19-29(37,20-32)21-39-24-8-5-4-6-9-24)18-23-10-12-25(13-11-23)38-17-7-14-33-26(35)28(2,3)30-27(33)36/h4-6,8-13,37H,7,14-21H2,1-3H3,(H,30,36)/t29-/m1/s1. The Morgan fingerprint density at radius 3 is 2.31 bits per heavy atom. The third-order valence-electron chi connectivity index (χ3n) is 6.95. The average molecular weight is 539 g/mol. The number of hydrogen-bond donors (Lipinski definition) is 2. The summed E-state index contributed by atoms with van der Waals surface area (Å²) in [5, 5.41) is 14.1. The van der Waals surface area contributed by atoms with Crippen LogP contribution in [0.3, 0.4) is 0 Å². The van der Waals surface area contributed by atoms with Crippen LogP contribution in [0.5, 0.6) is 11.5 Å². The van der Waals surface area contributed by atoms with Crippen molar-refractivity contribution in [3.05, 3.63) is 60.2 Å². The van der Waals surface area contributed by atoms with E-state index in [-0.39, 0.29) is 31.0 Å². The van der Waals surface area contributed by atoms with Crippen LogP contribution in [0.15, 0.2) is 54.6 Å². The minimum atomic E-state index is -1.22. The fraction of sp³-hybridized carbons (Fsp3) is 0.483. The van der Waals surface area contributed by atoms with Gasteiger partial charge >= 0.3 is 6.03 Å². The highest BCUT2D eigenvalue weighted by Gasteiger charge is 2.43. The summed E-state index contributed by atoms with van der Waals surface area (Å²) < 4.78 is 11.7. The number of carbonyl (C=O) groups is 3. The third kappa shape index (κ3) is 7.48. The Morgan fingerprint density at radius 1 is 0.974 bits per heavy atom. The molecule has 2 aromatic rings. The molecule has 0 aliphatic carbocycles. The number of rotatable bonds is 10. The Bertz CT molecular complexity index is 1160. The summed E-state index contributed by atoms with van der Waals surface area (Å²) >= 11 is 0. The minimum Gasteiger partial charge on any atom is -0.494 e. The summed E-state index contributed by atoms with van der Waals surface area (Å²) in [6.45, 7) is 7.98. The molecule has 2 fully saturated rings. The summed E-state index contributed by atoms with van der Waals surface area (Å²) in [6.07, 6.45) is 0.529. The van der Waals surface area contributed by atoms with Crippen LogP contribution in [0.1, 0.15) is 32.8 Å². The maximum atomic E-state index is 12.3. The summed E-state index contributed by atoms with van der Waals surface area (Å²) in [5.41, 5.74) is -1.04. The van der Waals surface area contributed by atoms with Crippen molar-refractivity contribution in [1.82, 2.24) is 20.0 Å². The third-order valence-corrected chi connectivity index (χ3v) is 6.95. The van der Waals surface area contributed by atoms with E-state index in [4.69, 9.17) is 9.47 Å². The highest BCUT2D eigenvalue weighted by atomic mass is 16.5. The molecular formula is C29H38N4O6. The van der Waals surface area contributed by atoms with E-state index < -0.39 is 11.1 Å². The van der Waals surface area contributed by atoms with E-state index in [1.165, 1.54) is 11.8 Å². The Kier molecular flexibility index (Phi) is 8.76. The molecule has 0 aromatic heterocycles. The fourth-order valence-electron chi connectivity index (χ4n) is 4.85. The quantitative estimate of drug-likeness (QED) is 0.353. The van der Waals surface area contributed by atoms with Gasteiger partial charge in [-0.2, -0.15) is 0 Å². The van der Waals surface area contributed by atoms with Crippen molar-refractivity contribution in [2.75, 3.05) is 45.9 Å². The number of nitrogens with zero attached hydrogens (tertiary/aromatic N) is 3. The summed E-state index contributed by atoms with van der Waals surface area (Å²) in [6, 6.07) is 16.7. The van der Waals surface area contributed by atoms with Gasteiger partial charge in [-0.15, -0.1) is 0 Å². The van der Waals surface area contributed by atoms with Crippen molar-refractivity contribution in [2.45, 2.75) is 44.9 Å². The van der Waals surface area contributed by atoms with E-state index >= 15 is 0 Å². The molecule has 2 aromatic carbocycles. The number of imide groups is 1. The van der Waals surface area contributed by atoms with Crippen LogP contribution in [-0.4, -0.2) is 94.7 Å². The predicted octanol–water partition coefficient (Wildman–Crippen LogP) is 2.26. The van der Waals surface area contributed by atoms with Gasteiger partial charge in [-0.25, -0.2) is 4.79 Å². The van der Waals surface area contributed by atoms with Crippen molar-refractivity contribution >= 4 is 17.8 Å². The zero-order valence-electron chi connectivity index (χ0n) is 22.9. The second kappa shape index (κ2) is 12.0. The van der Waals surface area contributed by atoms with E-state index in [9.17, 15) is 19.5 Å². The number of hydrogen-bond acceptors (Lipinski definition) is 7. The minimum absolute atomic E-state index is 0.0741. The number of ether oxygens (including phenoxy) is 2. The first-order valence-corrected chi connectivity index (χ1v) is 13.3. The Labute approximate surface area is 229 Å². The largest absolute Gasteiger partial charge is 0.494 e. The molecule has 2 N–H and O–H groups in total. The molecule has 0 saturated carbocycles. The lowest BCUT2D eigenvalue weighted by molar-refractivity contribution is -0.132. The van der Waals surface area contributed by atoms with Gasteiger partial charge in [-0.3, -0.25) is 19.4 Å². The predicted molar refractivity (Wildman–Crippen MR) is 145 cm³/mol. The van der Waals surface area contributed by atoms with Crippen LogP contribution >= 0.6 is 0 Å². The number of β-amino-alcohol motifs (C(OH)–C–C–N with tert-alkyl or cyclic N) is 1. The maximum Gasteiger partial charge on any atom is 0.325 e. The number of urea groups is 1. The van der Waals surface area contributed by atoms with E-state index in [1.807, 2.05) is 54.6 Å². The second-order valence-electron chi connectivity index (χ2n) is 10.8. The molecule has 10 nitrogen and oxygen atoms in total. The lowest BCUT2D eigenvalue weighted by Crippen LogP contribution is -2.51. The van der Waals surface area contributed by atoms with Crippen LogP contribution in [0, 0.1) is 0 Å². The van der Waals surface area contributed by atoms with Crippen LogP contribution in [0.4, 0.5) is 4.79 Å². The summed E-state index contributed by atoms with van der Waals surface area (Å²) in [5.74, 6) is 1.07. The van der Waals surface area contributed by atoms with Crippen LogP contribution < -0.4 is 14.8 Å². The molecule has 1 atom stereocenters. The number of benzene rings is 2. The number of amides is 4. The van der Waals surface area contributed by atoms with Gasteiger partial charge < -0.3 is 24.8 Å². The highest BCUT2D eigenvalue weighted by molar-refractivity contribution is 6.06. The molecule has 2 aliphatic heterocycles. The van der Waals surface area contributed by atoms with Gasteiger partial charge in [-0.05, 0) is 50.1 Å². The first-order chi connectivity index (χ1) is 18.5. The molecule has 0 bridgehead atoms. The zero-order chi connectivity index (χ0) is 28.0. The second-order valence-corrected chi connectivity index (χ2v) is 10.8. The summed E-state index contributed by atoms with van der Waals surface area (Å²) in [7, 11) is 0. The van der Waals surface area contributed by atoms with Gasteiger partial charge in [-0.1, -0.05) is 30.3 Å². The Morgan fingerprint density at radius 2 is 1.67 bits per heavy atom. The van der Waals surface area contributed by atoms with Gasteiger partial charge in [0.15, 0.2) is 0 Å². The normalized spacial score (nSPS) is 21.4. The van der Waals surface area contributed by atoms with Gasteiger partial charge in [0.2, 0.25) is 5.91 Å². The topological polar surface area (TPSA) is 112 Å². The molecule has 0 radical (unpaired) electrons. The first-order valence-electron chi connectivity index (χ1n) is 13.3. The zero-order valence-corrected chi connectivity index (χ0v) is 22.9. The molecule has 2 aliphatic rings. The smallest absolute Gasteiger partial charge is 0.325 e. The molecule has 4 amide bonds. The monoisotopic (exact) mass is 538 g/mol. The van der Waals surface area contributed by atoms with Crippen molar-refractivity contribution in [2.24, 2.45) is 0 Å². The lowest BCUT2D eigenvalue weighted by Gasteiger charge is -2.32. The van der Waals surface area contributed by atoms with Gasteiger partial charge in [0.1, 0.15) is 29.2 Å². The van der Waals surface area contributed by atoms with Crippen molar-refractivity contribution in [3.63, 3.8) is 0 Å². The number of para-hydroxylation sites is 1. The Balaban J connectivity index is 1.29. The average Bonchev–Trinajstić information content (AvgIpc) is 3.01. The van der Waals surface area contributed by atoms with E-state index in [2.05, 4.69) is 10.2 Å².